The smallest absolute Gasteiger partial charge is 0.219 e. The molecule has 0 saturated carbocycles. The summed E-state index contributed by atoms with van der Waals surface area (Å²) in [6.07, 6.45) is 3.08. The van der Waals surface area contributed by atoms with Gasteiger partial charge in [-0.25, -0.2) is 5.10 Å². The topological polar surface area (TPSA) is 59.1 Å². The van der Waals surface area contributed by atoms with E-state index in [4.69, 9.17) is 39.8 Å². The van der Waals surface area contributed by atoms with Crippen molar-refractivity contribution < 1.29 is 4.42 Å². The van der Waals surface area contributed by atoms with Gasteiger partial charge >= 0.3 is 0 Å². The van der Waals surface area contributed by atoms with Crippen LogP contribution in [0.2, 0.25) is 10.0 Å². The third kappa shape index (κ3) is 2.78. The van der Waals surface area contributed by atoms with E-state index < -0.39 is 0 Å². The lowest BCUT2D eigenvalue weighted by Gasteiger charge is -2.01. The van der Waals surface area contributed by atoms with Gasteiger partial charge in [0, 0.05) is 5.56 Å². The first-order chi connectivity index (χ1) is 10.2. The molecule has 0 saturated heterocycles. The summed E-state index contributed by atoms with van der Waals surface area (Å²) in [7, 11) is 0. The molecule has 1 aromatic carbocycles. The van der Waals surface area contributed by atoms with Gasteiger partial charge in [-0.15, -0.1) is 5.10 Å². The van der Waals surface area contributed by atoms with E-state index in [1.165, 1.54) is 10.9 Å². The molecule has 0 amide bonds. The molecule has 8 heteroatoms. The Morgan fingerprint density at radius 3 is 2.67 bits per heavy atom. The Hall–Kier alpha value is -1.89. The molecule has 3 rings (SSSR count). The molecule has 0 spiro atoms. The Labute approximate surface area is 134 Å². The van der Waals surface area contributed by atoms with Crippen LogP contribution in [0.4, 0.5) is 0 Å². The minimum atomic E-state index is 0.334. The zero-order valence-corrected chi connectivity index (χ0v) is 12.8. The highest BCUT2D eigenvalue weighted by atomic mass is 35.5. The molecule has 5 nitrogen and oxygen atoms in total. The maximum Gasteiger partial charge on any atom is 0.219 e. The van der Waals surface area contributed by atoms with E-state index >= 15 is 0 Å². The number of halogens is 2. The lowest BCUT2D eigenvalue weighted by Crippen LogP contribution is -1.95. The predicted octanol–water partition coefficient (Wildman–Crippen LogP) is 4.39. The quantitative estimate of drug-likeness (QED) is 0.569. The van der Waals surface area contributed by atoms with Gasteiger partial charge in [0.15, 0.2) is 5.76 Å². The molecule has 0 fully saturated rings. The van der Waals surface area contributed by atoms with Crippen LogP contribution in [-0.4, -0.2) is 21.1 Å². The van der Waals surface area contributed by atoms with E-state index in [1.807, 2.05) is 0 Å². The van der Waals surface area contributed by atoms with Crippen molar-refractivity contribution in [1.82, 2.24) is 14.9 Å². The van der Waals surface area contributed by atoms with Crippen LogP contribution < -0.4 is 0 Å². The Kier molecular flexibility index (Phi) is 3.92. The van der Waals surface area contributed by atoms with Gasteiger partial charge in [0.25, 0.3) is 0 Å². The Bertz CT molecular complexity index is 831. The number of aromatic amines is 1. The van der Waals surface area contributed by atoms with Crippen molar-refractivity contribution in [2.75, 3.05) is 0 Å². The summed E-state index contributed by atoms with van der Waals surface area (Å²) in [6, 6.07) is 8.75. The molecule has 0 unspecified atom stereocenters. The van der Waals surface area contributed by atoms with Crippen LogP contribution in [0.15, 0.2) is 46.1 Å². The molecule has 2 aromatic heterocycles. The maximum absolute atomic E-state index is 6.10. The van der Waals surface area contributed by atoms with Gasteiger partial charge in [-0.1, -0.05) is 29.3 Å². The zero-order valence-electron chi connectivity index (χ0n) is 10.5. The molecule has 0 radical (unpaired) electrons. The number of rotatable bonds is 3. The molecule has 106 valence electrons. The minimum absolute atomic E-state index is 0.334. The lowest BCUT2D eigenvalue weighted by molar-refractivity contribution is 0.573. The average Bonchev–Trinajstić information content (AvgIpc) is 3.08. The minimum Gasteiger partial charge on any atom is -0.461 e. The molecule has 2 heterocycles. The summed E-state index contributed by atoms with van der Waals surface area (Å²) in [4.78, 5) is 0. The highest BCUT2D eigenvalue weighted by molar-refractivity contribution is 7.71. The average molecular weight is 339 g/mol. The molecule has 1 N–H and O–H groups in total. The van der Waals surface area contributed by atoms with Gasteiger partial charge < -0.3 is 4.42 Å². The Morgan fingerprint density at radius 1 is 1.24 bits per heavy atom. The molecule has 21 heavy (non-hydrogen) atoms. The number of aromatic nitrogens is 3. The number of benzene rings is 1. The first kappa shape index (κ1) is 14.1. The summed E-state index contributed by atoms with van der Waals surface area (Å²) in [5.74, 6) is 1.01. The predicted molar refractivity (Wildman–Crippen MR) is 84.6 cm³/mol. The SMILES string of the molecule is S=c1[nH]nc(-c2ccco2)n1/N=C/c1c(Cl)cccc1Cl. The summed E-state index contributed by atoms with van der Waals surface area (Å²) >= 11 is 17.3. The standard InChI is InChI=1S/C13H8Cl2N4OS/c14-9-3-1-4-10(15)8(9)7-16-19-12(17-18-13(19)21)11-5-2-6-20-11/h1-7H,(H,18,21)/b16-7+. The van der Waals surface area contributed by atoms with Gasteiger partial charge in [-0.3, -0.25) is 0 Å². The summed E-state index contributed by atoms with van der Waals surface area (Å²) < 4.78 is 7.07. The van der Waals surface area contributed by atoms with Crippen molar-refractivity contribution in [2.24, 2.45) is 5.10 Å². The van der Waals surface area contributed by atoms with Gasteiger partial charge in [-0.2, -0.15) is 9.78 Å². The third-order valence-electron chi connectivity index (χ3n) is 2.69. The second kappa shape index (κ2) is 5.85. The van der Waals surface area contributed by atoms with Crippen LogP contribution in [0, 0.1) is 4.77 Å². The highest BCUT2D eigenvalue weighted by Crippen LogP contribution is 2.23. The fourth-order valence-corrected chi connectivity index (χ4v) is 2.39. The van der Waals surface area contributed by atoms with E-state index in [0.29, 0.717) is 32.0 Å². The van der Waals surface area contributed by atoms with Crippen LogP contribution >= 0.6 is 35.4 Å². The molecule has 0 atom stereocenters. The van der Waals surface area contributed by atoms with Crippen molar-refractivity contribution >= 4 is 41.6 Å². The molecule has 0 aliphatic carbocycles. The largest absolute Gasteiger partial charge is 0.461 e. The van der Waals surface area contributed by atoms with Crippen LogP contribution in [0.3, 0.4) is 0 Å². The number of hydrogen-bond donors (Lipinski definition) is 1. The molecule has 0 aliphatic rings. The molecular weight excluding hydrogens is 331 g/mol. The van der Waals surface area contributed by atoms with Crippen LogP contribution in [0.25, 0.3) is 11.6 Å². The Balaban J connectivity index is 2.05. The number of nitrogens with zero attached hydrogens (tertiary/aromatic N) is 3. The number of hydrogen-bond acceptors (Lipinski definition) is 4. The third-order valence-corrected chi connectivity index (χ3v) is 3.62. The number of nitrogens with one attached hydrogen (secondary N) is 1. The summed E-state index contributed by atoms with van der Waals surface area (Å²) in [5, 5.41) is 12.0. The Morgan fingerprint density at radius 2 is 2.00 bits per heavy atom. The highest BCUT2D eigenvalue weighted by Gasteiger charge is 2.11. The van der Waals surface area contributed by atoms with Crippen molar-refractivity contribution in [2.45, 2.75) is 0 Å². The van der Waals surface area contributed by atoms with Crippen molar-refractivity contribution in [3.63, 3.8) is 0 Å². The normalized spacial score (nSPS) is 11.3. The summed E-state index contributed by atoms with van der Waals surface area (Å²) in [6.45, 7) is 0. The van der Waals surface area contributed by atoms with Gasteiger partial charge in [-0.05, 0) is 36.5 Å². The van der Waals surface area contributed by atoms with E-state index in [-0.39, 0.29) is 0 Å². The fraction of sp³-hybridized carbons (Fsp3) is 0. The first-order valence-corrected chi connectivity index (χ1v) is 7.03. The number of H-pyrrole nitrogens is 1. The van der Waals surface area contributed by atoms with Crippen LogP contribution in [0.5, 0.6) is 0 Å². The van der Waals surface area contributed by atoms with Gasteiger partial charge in [0.1, 0.15) is 0 Å². The molecule has 0 bridgehead atoms. The molecule has 3 aromatic rings. The number of furan rings is 1. The maximum atomic E-state index is 6.10. The van der Waals surface area contributed by atoms with E-state index in [1.54, 1.807) is 36.6 Å². The zero-order chi connectivity index (χ0) is 14.8. The van der Waals surface area contributed by atoms with Crippen LogP contribution in [0.1, 0.15) is 5.56 Å². The first-order valence-electron chi connectivity index (χ1n) is 5.86. The van der Waals surface area contributed by atoms with Gasteiger partial charge in [0.05, 0.1) is 22.5 Å². The van der Waals surface area contributed by atoms with Crippen molar-refractivity contribution in [3.05, 3.63) is 57.0 Å². The monoisotopic (exact) mass is 338 g/mol. The lowest BCUT2D eigenvalue weighted by atomic mass is 10.2. The van der Waals surface area contributed by atoms with Crippen LogP contribution in [-0.2, 0) is 0 Å². The molecular formula is C13H8Cl2N4OS. The molecule has 0 aliphatic heterocycles. The van der Waals surface area contributed by atoms with E-state index in [0.717, 1.165) is 0 Å². The fourth-order valence-electron chi connectivity index (χ4n) is 1.71. The van der Waals surface area contributed by atoms with Gasteiger partial charge in [0.2, 0.25) is 10.6 Å². The second-order valence-corrected chi connectivity index (χ2v) is 5.22. The summed E-state index contributed by atoms with van der Waals surface area (Å²) in [5.41, 5.74) is 0.606. The second-order valence-electron chi connectivity index (χ2n) is 4.02. The van der Waals surface area contributed by atoms with Crippen molar-refractivity contribution in [1.29, 1.82) is 0 Å². The van der Waals surface area contributed by atoms with E-state index in [9.17, 15) is 0 Å². The van der Waals surface area contributed by atoms with Crippen molar-refractivity contribution in [3.8, 4) is 11.6 Å². The van der Waals surface area contributed by atoms with E-state index in [2.05, 4.69) is 15.3 Å².